The third-order valence-electron chi connectivity index (χ3n) is 2.38. The van der Waals surface area contributed by atoms with E-state index in [1.807, 2.05) is 11.6 Å². The van der Waals surface area contributed by atoms with Crippen LogP contribution in [-0.2, 0) is 0 Å². The van der Waals surface area contributed by atoms with E-state index in [4.69, 9.17) is 5.73 Å². The minimum absolute atomic E-state index is 0.527. The Morgan fingerprint density at radius 3 is 3.00 bits per heavy atom. The zero-order valence-corrected chi connectivity index (χ0v) is 10.2. The highest BCUT2D eigenvalue weighted by Crippen LogP contribution is 2.16. The summed E-state index contributed by atoms with van der Waals surface area (Å²) < 4.78 is 0. The van der Waals surface area contributed by atoms with Gasteiger partial charge >= 0.3 is 0 Å². The number of unbranched alkanes of at least 4 members (excludes halogenated alkanes) is 2. The van der Waals surface area contributed by atoms with E-state index in [9.17, 15) is 0 Å². The van der Waals surface area contributed by atoms with E-state index in [1.165, 1.54) is 17.8 Å². The Morgan fingerprint density at radius 1 is 1.47 bits per heavy atom. The number of thiazole rings is 1. The Hall–Kier alpha value is -0.450. The average molecular weight is 227 g/mol. The highest BCUT2D eigenvalue weighted by molar-refractivity contribution is 7.09. The van der Waals surface area contributed by atoms with Crippen LogP contribution in [0.3, 0.4) is 0 Å². The van der Waals surface area contributed by atoms with Gasteiger partial charge in [-0.3, -0.25) is 0 Å². The molecule has 3 N–H and O–H groups in total. The first-order chi connectivity index (χ1) is 7.34. The molecule has 0 aliphatic carbocycles. The highest BCUT2D eigenvalue weighted by atomic mass is 32.1. The fourth-order valence-electron chi connectivity index (χ4n) is 1.45. The van der Waals surface area contributed by atoms with Gasteiger partial charge in [0.1, 0.15) is 0 Å². The molecule has 0 aliphatic heterocycles. The Bertz CT molecular complexity index is 236. The van der Waals surface area contributed by atoms with Gasteiger partial charge in [0.15, 0.2) is 0 Å². The number of aromatic nitrogens is 1. The van der Waals surface area contributed by atoms with Crippen molar-refractivity contribution in [2.24, 2.45) is 5.73 Å². The van der Waals surface area contributed by atoms with Gasteiger partial charge in [0.25, 0.3) is 0 Å². The van der Waals surface area contributed by atoms with Crippen molar-refractivity contribution in [1.82, 2.24) is 10.3 Å². The molecule has 0 saturated heterocycles. The van der Waals surface area contributed by atoms with E-state index in [0.717, 1.165) is 26.1 Å². The second-order valence-corrected chi connectivity index (χ2v) is 4.75. The molecule has 1 unspecified atom stereocenters. The van der Waals surface area contributed by atoms with Crippen LogP contribution in [0, 0.1) is 0 Å². The first kappa shape index (κ1) is 12.6. The van der Waals surface area contributed by atoms with Gasteiger partial charge in [0.2, 0.25) is 0 Å². The standard InChI is InChI=1S/C11H21N3S/c1-10(11-14-7-8-15-11)9-13-6-4-2-3-5-12/h7-8,10,13H,2-6,9,12H2,1H3. The number of nitrogens with zero attached hydrogens (tertiary/aromatic N) is 1. The molecule has 1 aromatic heterocycles. The number of hydrogen-bond acceptors (Lipinski definition) is 4. The average Bonchev–Trinajstić information content (AvgIpc) is 2.76. The van der Waals surface area contributed by atoms with Crippen LogP contribution in [0.1, 0.15) is 37.1 Å². The predicted octanol–water partition coefficient (Wildman–Crippen LogP) is 1.97. The maximum Gasteiger partial charge on any atom is 0.0965 e. The Balaban J connectivity index is 2.00. The lowest BCUT2D eigenvalue weighted by atomic mass is 10.2. The Kier molecular flexibility index (Phi) is 6.55. The van der Waals surface area contributed by atoms with Crippen molar-refractivity contribution >= 4 is 11.3 Å². The van der Waals surface area contributed by atoms with Gasteiger partial charge in [-0.05, 0) is 25.9 Å². The lowest BCUT2D eigenvalue weighted by Crippen LogP contribution is -2.21. The number of hydrogen-bond donors (Lipinski definition) is 2. The molecular formula is C11H21N3S. The molecule has 1 rings (SSSR count). The zero-order valence-electron chi connectivity index (χ0n) is 9.41. The molecule has 86 valence electrons. The molecule has 0 bridgehead atoms. The van der Waals surface area contributed by atoms with Crippen molar-refractivity contribution in [2.45, 2.75) is 32.1 Å². The molecular weight excluding hydrogens is 206 g/mol. The Labute approximate surface area is 96.1 Å². The normalized spacial score (nSPS) is 12.9. The van der Waals surface area contributed by atoms with Gasteiger partial charge in [-0.1, -0.05) is 13.3 Å². The zero-order chi connectivity index (χ0) is 10.9. The lowest BCUT2D eigenvalue weighted by Gasteiger charge is -2.09. The van der Waals surface area contributed by atoms with Crippen molar-refractivity contribution < 1.29 is 0 Å². The molecule has 0 aromatic carbocycles. The van der Waals surface area contributed by atoms with Crippen LogP contribution in [0.5, 0.6) is 0 Å². The predicted molar refractivity (Wildman–Crippen MR) is 66.3 cm³/mol. The van der Waals surface area contributed by atoms with Gasteiger partial charge < -0.3 is 11.1 Å². The smallest absolute Gasteiger partial charge is 0.0965 e. The summed E-state index contributed by atoms with van der Waals surface area (Å²) in [5, 5.41) is 6.72. The summed E-state index contributed by atoms with van der Waals surface area (Å²) in [4.78, 5) is 4.31. The monoisotopic (exact) mass is 227 g/mol. The summed E-state index contributed by atoms with van der Waals surface area (Å²) in [6, 6.07) is 0. The largest absolute Gasteiger partial charge is 0.330 e. The summed E-state index contributed by atoms with van der Waals surface area (Å²) in [6.07, 6.45) is 5.47. The van der Waals surface area contributed by atoms with Crippen molar-refractivity contribution in [3.05, 3.63) is 16.6 Å². The van der Waals surface area contributed by atoms with E-state index in [2.05, 4.69) is 17.2 Å². The van der Waals surface area contributed by atoms with E-state index in [0.29, 0.717) is 5.92 Å². The first-order valence-corrected chi connectivity index (χ1v) is 6.52. The van der Waals surface area contributed by atoms with E-state index < -0.39 is 0 Å². The second-order valence-electron chi connectivity index (χ2n) is 3.82. The van der Waals surface area contributed by atoms with Crippen molar-refractivity contribution in [1.29, 1.82) is 0 Å². The minimum atomic E-state index is 0.527. The summed E-state index contributed by atoms with van der Waals surface area (Å²) in [5.41, 5.74) is 5.43. The third kappa shape index (κ3) is 5.25. The van der Waals surface area contributed by atoms with E-state index >= 15 is 0 Å². The fourth-order valence-corrected chi connectivity index (χ4v) is 2.15. The van der Waals surface area contributed by atoms with Crippen molar-refractivity contribution in [3.8, 4) is 0 Å². The summed E-state index contributed by atoms with van der Waals surface area (Å²) >= 11 is 1.74. The fraction of sp³-hybridized carbons (Fsp3) is 0.727. The van der Waals surface area contributed by atoms with E-state index in [1.54, 1.807) is 11.3 Å². The van der Waals surface area contributed by atoms with Crippen molar-refractivity contribution in [2.75, 3.05) is 19.6 Å². The van der Waals surface area contributed by atoms with Gasteiger partial charge in [0.05, 0.1) is 5.01 Å². The van der Waals surface area contributed by atoms with Gasteiger partial charge in [-0.25, -0.2) is 4.98 Å². The van der Waals surface area contributed by atoms with Crippen LogP contribution in [0.4, 0.5) is 0 Å². The topological polar surface area (TPSA) is 50.9 Å². The lowest BCUT2D eigenvalue weighted by molar-refractivity contribution is 0.572. The number of nitrogens with two attached hydrogens (primary N) is 1. The Morgan fingerprint density at radius 2 is 2.33 bits per heavy atom. The van der Waals surface area contributed by atoms with E-state index in [-0.39, 0.29) is 0 Å². The molecule has 1 atom stereocenters. The molecule has 0 spiro atoms. The van der Waals surface area contributed by atoms with Gasteiger partial charge in [0, 0.05) is 24.0 Å². The molecule has 0 saturated carbocycles. The molecule has 3 nitrogen and oxygen atoms in total. The summed E-state index contributed by atoms with van der Waals surface area (Å²) in [5.74, 6) is 0.527. The molecule has 1 heterocycles. The maximum absolute atomic E-state index is 5.43. The molecule has 0 radical (unpaired) electrons. The van der Waals surface area contributed by atoms with Gasteiger partial charge in [-0.15, -0.1) is 11.3 Å². The first-order valence-electron chi connectivity index (χ1n) is 5.64. The molecule has 1 aromatic rings. The second kappa shape index (κ2) is 7.79. The van der Waals surface area contributed by atoms with Crippen LogP contribution in [-0.4, -0.2) is 24.6 Å². The summed E-state index contributed by atoms with van der Waals surface area (Å²) in [6.45, 7) is 5.15. The SMILES string of the molecule is CC(CNCCCCCN)c1nccs1. The third-order valence-corrected chi connectivity index (χ3v) is 3.39. The molecule has 0 fully saturated rings. The maximum atomic E-state index is 5.43. The molecule has 0 aliphatic rings. The highest BCUT2D eigenvalue weighted by Gasteiger charge is 2.06. The number of rotatable bonds is 8. The van der Waals surface area contributed by atoms with Crippen LogP contribution in [0.2, 0.25) is 0 Å². The molecule has 0 amide bonds. The van der Waals surface area contributed by atoms with Crippen LogP contribution >= 0.6 is 11.3 Å². The van der Waals surface area contributed by atoms with Crippen LogP contribution < -0.4 is 11.1 Å². The van der Waals surface area contributed by atoms with Crippen LogP contribution in [0.25, 0.3) is 0 Å². The minimum Gasteiger partial charge on any atom is -0.330 e. The van der Waals surface area contributed by atoms with Gasteiger partial charge in [-0.2, -0.15) is 0 Å². The summed E-state index contributed by atoms with van der Waals surface area (Å²) in [7, 11) is 0. The quantitative estimate of drug-likeness (QED) is 0.668. The number of nitrogens with one attached hydrogen (secondary N) is 1. The molecule has 4 heteroatoms. The van der Waals surface area contributed by atoms with Crippen LogP contribution in [0.15, 0.2) is 11.6 Å². The van der Waals surface area contributed by atoms with Crippen molar-refractivity contribution in [3.63, 3.8) is 0 Å². The molecule has 15 heavy (non-hydrogen) atoms.